The number of ether oxygens (including phenoxy) is 1. The van der Waals surface area contributed by atoms with Crippen molar-refractivity contribution in [3.8, 4) is 0 Å². The van der Waals surface area contributed by atoms with Crippen LogP contribution in [0.2, 0.25) is 14.8 Å². The second kappa shape index (κ2) is 15.6. The zero-order valence-corrected chi connectivity index (χ0v) is 28.0. The van der Waals surface area contributed by atoms with Crippen LogP contribution in [0.1, 0.15) is 58.6 Å². The predicted octanol–water partition coefficient (Wildman–Crippen LogP) is 2.41. The van der Waals surface area contributed by atoms with E-state index in [-0.39, 0.29) is 18.4 Å². The number of benzene rings is 1. The maximum atomic E-state index is 13.1. The van der Waals surface area contributed by atoms with Crippen LogP contribution >= 0.6 is 0 Å². The molecule has 0 spiro atoms. The summed E-state index contributed by atoms with van der Waals surface area (Å²) in [4.78, 5) is 36.8. The molecule has 0 atom stereocenters. The number of hydrogen-bond acceptors (Lipinski definition) is 9. The van der Waals surface area contributed by atoms with Gasteiger partial charge in [-0.2, -0.15) is 0 Å². The van der Waals surface area contributed by atoms with Crippen LogP contribution in [-0.2, 0) is 20.9 Å². The molecule has 1 aliphatic rings. The van der Waals surface area contributed by atoms with Crippen molar-refractivity contribution in [1.29, 1.82) is 0 Å². The summed E-state index contributed by atoms with van der Waals surface area (Å²) in [6, 6.07) is 6.36. The van der Waals surface area contributed by atoms with Gasteiger partial charge in [-0.05, 0) is 20.8 Å². The first-order chi connectivity index (χ1) is 18.3. The first-order valence-electron chi connectivity index (χ1n) is 14.0. The van der Waals surface area contributed by atoms with Crippen LogP contribution in [-0.4, -0.2) is 97.1 Å². The summed E-state index contributed by atoms with van der Waals surface area (Å²) in [5, 5.41) is 11.5. The molecule has 0 fully saturated rings. The molecule has 39 heavy (non-hydrogen) atoms. The third-order valence-corrected chi connectivity index (χ3v) is 12.1. The van der Waals surface area contributed by atoms with E-state index in [1.54, 1.807) is 0 Å². The fourth-order valence-corrected chi connectivity index (χ4v) is 9.33. The van der Waals surface area contributed by atoms with E-state index >= 15 is 0 Å². The molecule has 1 amide bonds. The van der Waals surface area contributed by atoms with Gasteiger partial charge in [0.05, 0.1) is 0 Å². The third kappa shape index (κ3) is 12.3. The van der Waals surface area contributed by atoms with Gasteiger partial charge >= 0.3 is 197 Å². The number of hydrogen-bond donors (Lipinski definition) is 3. The van der Waals surface area contributed by atoms with Gasteiger partial charge in [-0.15, -0.1) is 0 Å². The van der Waals surface area contributed by atoms with Crippen LogP contribution in [0.4, 0.5) is 0 Å². The SMILES string of the molecule is CCCN(CCN(CCC)CC(=O)OC(C)(C)C)CC(=O)NCc1cc(C2=NNC=NN2)cc[c]1[Sn]([CH3])([CH3])[CH3]. The fourth-order valence-electron chi connectivity index (χ4n) is 4.45. The van der Waals surface area contributed by atoms with Crippen LogP contribution in [0.5, 0.6) is 0 Å². The Morgan fingerprint density at radius 3 is 2.18 bits per heavy atom. The van der Waals surface area contributed by atoms with Crippen LogP contribution in [0, 0.1) is 0 Å². The molecule has 0 aromatic heterocycles. The van der Waals surface area contributed by atoms with Gasteiger partial charge < -0.3 is 4.74 Å². The molecule has 11 heteroatoms. The molecule has 0 radical (unpaired) electrons. The minimum absolute atomic E-state index is 0.00232. The Hall–Kier alpha value is -2.18. The Kier molecular flexibility index (Phi) is 13.2. The third-order valence-electron chi connectivity index (χ3n) is 6.08. The zero-order valence-electron chi connectivity index (χ0n) is 25.2. The van der Waals surface area contributed by atoms with Crippen LogP contribution in [0.3, 0.4) is 0 Å². The van der Waals surface area contributed by atoms with E-state index in [9.17, 15) is 9.59 Å². The number of esters is 1. The first kappa shape index (κ1) is 33.0. The molecule has 1 aliphatic heterocycles. The Balaban J connectivity index is 2.02. The van der Waals surface area contributed by atoms with Crippen LogP contribution in [0.15, 0.2) is 28.4 Å². The van der Waals surface area contributed by atoms with Crippen molar-refractivity contribution in [3.63, 3.8) is 0 Å². The second-order valence-electron chi connectivity index (χ2n) is 12.0. The number of carbonyl (C=O) groups is 2. The van der Waals surface area contributed by atoms with Crippen molar-refractivity contribution in [3.05, 3.63) is 29.3 Å². The molecule has 0 saturated heterocycles. The van der Waals surface area contributed by atoms with Crippen molar-refractivity contribution >= 4 is 46.0 Å². The summed E-state index contributed by atoms with van der Waals surface area (Å²) >= 11 is -2.44. The molecule has 0 bridgehead atoms. The van der Waals surface area contributed by atoms with Gasteiger partial charge in [0.15, 0.2) is 0 Å². The fraction of sp³-hybridized carbons (Fsp3) is 0.643. The van der Waals surface area contributed by atoms with Crippen molar-refractivity contribution in [1.82, 2.24) is 26.0 Å². The number of nitrogens with one attached hydrogen (secondary N) is 3. The molecule has 0 unspecified atom stereocenters. The van der Waals surface area contributed by atoms with E-state index in [0.717, 1.165) is 37.1 Å². The van der Waals surface area contributed by atoms with Gasteiger partial charge in [0, 0.05) is 0 Å². The van der Waals surface area contributed by atoms with Crippen molar-refractivity contribution < 1.29 is 14.3 Å². The Morgan fingerprint density at radius 1 is 1.00 bits per heavy atom. The van der Waals surface area contributed by atoms with E-state index in [1.807, 2.05) is 20.8 Å². The summed E-state index contributed by atoms with van der Waals surface area (Å²) in [6.45, 7) is 14.0. The Morgan fingerprint density at radius 2 is 1.64 bits per heavy atom. The number of nitrogens with zero attached hydrogens (tertiary/aromatic N) is 4. The molecule has 2 rings (SSSR count). The van der Waals surface area contributed by atoms with E-state index in [4.69, 9.17) is 4.74 Å². The van der Waals surface area contributed by atoms with Crippen LogP contribution < -0.4 is 19.7 Å². The average Bonchev–Trinajstić information content (AvgIpc) is 2.85. The second-order valence-corrected chi connectivity index (χ2v) is 26.4. The molecule has 1 heterocycles. The topological polar surface area (TPSA) is 111 Å². The van der Waals surface area contributed by atoms with Gasteiger partial charge in [-0.3, -0.25) is 4.79 Å². The number of amidine groups is 1. The molecule has 3 N–H and O–H groups in total. The van der Waals surface area contributed by atoms with Gasteiger partial charge in [0.25, 0.3) is 0 Å². The summed E-state index contributed by atoms with van der Waals surface area (Å²) in [7, 11) is 0. The first-order valence-corrected chi connectivity index (χ1v) is 24.0. The number of amides is 1. The van der Waals surface area contributed by atoms with Gasteiger partial charge in [0.2, 0.25) is 0 Å². The summed E-state index contributed by atoms with van der Waals surface area (Å²) in [5.41, 5.74) is 7.27. The normalized spacial score (nSPS) is 13.6. The number of carbonyl (C=O) groups excluding carboxylic acids is 2. The van der Waals surface area contributed by atoms with Gasteiger partial charge in [-0.25, -0.2) is 0 Å². The van der Waals surface area contributed by atoms with E-state index in [1.165, 1.54) is 9.92 Å². The molecular formula is C28H49N7O3Sn. The number of rotatable bonds is 15. The predicted molar refractivity (Wildman–Crippen MR) is 162 cm³/mol. The van der Waals surface area contributed by atoms with E-state index in [2.05, 4.69) is 83.0 Å². The molecular weight excluding hydrogens is 601 g/mol. The molecule has 0 aliphatic carbocycles. The minimum atomic E-state index is -2.44. The van der Waals surface area contributed by atoms with E-state index < -0.39 is 24.0 Å². The van der Waals surface area contributed by atoms with Crippen molar-refractivity contribution in [2.24, 2.45) is 10.2 Å². The Labute approximate surface area is 238 Å². The maximum absolute atomic E-state index is 13.1. The zero-order chi connectivity index (χ0) is 29.1. The van der Waals surface area contributed by atoms with Gasteiger partial charge in [-0.1, -0.05) is 6.92 Å². The molecule has 218 valence electrons. The number of hydrazone groups is 2. The summed E-state index contributed by atoms with van der Waals surface area (Å²) < 4.78 is 6.89. The summed E-state index contributed by atoms with van der Waals surface area (Å²) in [5.74, 6) is 0.435. The summed E-state index contributed by atoms with van der Waals surface area (Å²) in [6.07, 6.45) is 3.39. The van der Waals surface area contributed by atoms with Crippen LogP contribution in [0.25, 0.3) is 0 Å². The quantitative estimate of drug-likeness (QED) is 0.198. The molecule has 0 saturated carbocycles. The van der Waals surface area contributed by atoms with Gasteiger partial charge in [0.1, 0.15) is 5.60 Å². The standard InChI is InChI=1S/C25H40N7O3.3CH3.Sn/c1-6-11-31(13-14-32(12-7-2)18-23(34)35-25(3,4)5)17-22(33)26-16-20-9-8-10-21(15-20)24-29-27-19-28-30-24;;;;/h8,10,15,19H,6-7,11-14,16-18H2,1-5H3,(H,26,33)(H,27,28)(H,29,30);3*1H3;. The van der Waals surface area contributed by atoms with E-state index in [0.29, 0.717) is 32.0 Å². The molecule has 10 nitrogen and oxygen atoms in total. The molecule has 1 aromatic carbocycles. The molecule has 1 aromatic rings. The van der Waals surface area contributed by atoms with Crippen molar-refractivity contribution in [2.75, 3.05) is 39.3 Å². The average molecular weight is 650 g/mol. The Bertz CT molecular complexity index is 1020. The monoisotopic (exact) mass is 651 g/mol. The van der Waals surface area contributed by atoms with Crippen molar-refractivity contribution in [2.45, 2.75) is 74.4 Å².